The summed E-state index contributed by atoms with van der Waals surface area (Å²) >= 11 is 0. The van der Waals surface area contributed by atoms with E-state index in [-0.39, 0.29) is 0 Å². The van der Waals surface area contributed by atoms with Gasteiger partial charge in [-0.2, -0.15) is 5.10 Å². The van der Waals surface area contributed by atoms with Crippen molar-refractivity contribution in [1.29, 1.82) is 0 Å². The van der Waals surface area contributed by atoms with Crippen molar-refractivity contribution in [1.82, 2.24) is 14.8 Å². The summed E-state index contributed by atoms with van der Waals surface area (Å²) < 4.78 is 7.39. The van der Waals surface area contributed by atoms with E-state index < -0.39 is 0 Å². The summed E-state index contributed by atoms with van der Waals surface area (Å²) in [7, 11) is 0. The molecule has 0 aromatic carbocycles. The van der Waals surface area contributed by atoms with E-state index in [2.05, 4.69) is 10.1 Å². The van der Waals surface area contributed by atoms with Crippen LogP contribution in [0.1, 0.15) is 25.1 Å². The Balaban J connectivity index is 1.84. The van der Waals surface area contributed by atoms with Crippen LogP contribution < -0.4 is 5.73 Å². The average Bonchev–Trinajstić information content (AvgIpc) is 2.85. The lowest BCUT2D eigenvalue weighted by molar-refractivity contribution is 0.0992. The molecule has 2 N–H and O–H groups in total. The Kier molecular flexibility index (Phi) is 3.10. The maximum absolute atomic E-state index is 5.53. The predicted molar refractivity (Wildman–Crippen MR) is 51.5 cm³/mol. The fourth-order valence-electron chi connectivity index (χ4n) is 1.77. The first-order valence-electron chi connectivity index (χ1n) is 5.08. The van der Waals surface area contributed by atoms with Crippen LogP contribution >= 0.6 is 0 Å². The van der Waals surface area contributed by atoms with Crippen LogP contribution in [0.3, 0.4) is 0 Å². The molecule has 2 heterocycles. The third kappa shape index (κ3) is 2.10. The van der Waals surface area contributed by atoms with Gasteiger partial charge in [0, 0.05) is 13.2 Å². The van der Waals surface area contributed by atoms with E-state index >= 15 is 0 Å². The number of aromatic nitrogens is 3. The molecule has 0 aliphatic carbocycles. The van der Waals surface area contributed by atoms with Crippen molar-refractivity contribution in [3.05, 3.63) is 12.2 Å². The first-order valence-corrected chi connectivity index (χ1v) is 5.08. The van der Waals surface area contributed by atoms with Crippen LogP contribution in [-0.4, -0.2) is 27.5 Å². The topological polar surface area (TPSA) is 66.0 Å². The summed E-state index contributed by atoms with van der Waals surface area (Å²) in [6.07, 6.45) is 5.33. The highest BCUT2D eigenvalue weighted by molar-refractivity contribution is 4.82. The lowest BCUT2D eigenvalue weighted by atomic mass is 10.2. The lowest BCUT2D eigenvalue weighted by Crippen LogP contribution is -2.14. The summed E-state index contributed by atoms with van der Waals surface area (Å²) in [5.41, 5.74) is 5.52. The number of hydrogen-bond acceptors (Lipinski definition) is 4. The molecule has 1 unspecified atom stereocenters. The molecule has 0 spiro atoms. The molecule has 78 valence electrons. The molecule has 0 radical (unpaired) electrons. The number of hydrogen-bond donors (Lipinski definition) is 1. The predicted octanol–water partition coefficient (Wildman–Crippen LogP) is 0.306. The van der Waals surface area contributed by atoms with Gasteiger partial charge in [0.2, 0.25) is 0 Å². The normalized spacial score (nSPS) is 21.6. The second-order valence-corrected chi connectivity index (χ2v) is 3.53. The van der Waals surface area contributed by atoms with Gasteiger partial charge in [-0.1, -0.05) is 0 Å². The zero-order valence-electron chi connectivity index (χ0n) is 8.22. The second-order valence-electron chi connectivity index (χ2n) is 3.53. The van der Waals surface area contributed by atoms with Gasteiger partial charge in [0.1, 0.15) is 12.2 Å². The van der Waals surface area contributed by atoms with Crippen molar-refractivity contribution >= 4 is 0 Å². The van der Waals surface area contributed by atoms with Gasteiger partial charge in [-0.05, 0) is 19.3 Å². The quantitative estimate of drug-likeness (QED) is 0.752. The molecule has 1 aliphatic heterocycles. The van der Waals surface area contributed by atoms with Crippen LogP contribution in [0.2, 0.25) is 0 Å². The van der Waals surface area contributed by atoms with Crippen molar-refractivity contribution < 1.29 is 4.74 Å². The number of nitrogens with zero attached hydrogens (tertiary/aromatic N) is 3. The van der Waals surface area contributed by atoms with Crippen molar-refractivity contribution in [2.75, 3.05) is 6.61 Å². The molecule has 0 amide bonds. The van der Waals surface area contributed by atoms with Crippen molar-refractivity contribution in [3.8, 4) is 0 Å². The minimum atomic E-state index is 0.407. The molecule has 1 aromatic rings. The van der Waals surface area contributed by atoms with Gasteiger partial charge in [0.15, 0.2) is 0 Å². The van der Waals surface area contributed by atoms with E-state index in [1.54, 1.807) is 6.33 Å². The molecule has 1 aliphatic rings. The minimum absolute atomic E-state index is 0.407. The number of aryl methyl sites for hydroxylation is 1. The Morgan fingerprint density at radius 2 is 2.57 bits per heavy atom. The van der Waals surface area contributed by atoms with Gasteiger partial charge in [-0.3, -0.25) is 0 Å². The van der Waals surface area contributed by atoms with Crippen molar-refractivity contribution in [3.63, 3.8) is 0 Å². The van der Waals surface area contributed by atoms with Gasteiger partial charge in [-0.15, -0.1) is 0 Å². The largest absolute Gasteiger partial charge is 0.378 e. The number of ether oxygens (including phenoxy) is 1. The third-order valence-corrected chi connectivity index (χ3v) is 2.57. The van der Waals surface area contributed by atoms with Gasteiger partial charge in [0.05, 0.1) is 12.6 Å². The van der Waals surface area contributed by atoms with Crippen LogP contribution in [0, 0.1) is 0 Å². The molecule has 1 saturated heterocycles. The van der Waals surface area contributed by atoms with E-state index in [4.69, 9.17) is 10.5 Å². The SMILES string of the molecule is NCc1ncnn1CCC1CCCO1. The molecule has 5 nitrogen and oxygen atoms in total. The monoisotopic (exact) mass is 196 g/mol. The van der Waals surface area contributed by atoms with E-state index in [1.165, 1.54) is 12.8 Å². The highest BCUT2D eigenvalue weighted by Gasteiger charge is 2.15. The molecule has 2 rings (SSSR count). The fraction of sp³-hybridized carbons (Fsp3) is 0.778. The van der Waals surface area contributed by atoms with Gasteiger partial charge in [-0.25, -0.2) is 9.67 Å². The molecule has 1 fully saturated rings. The van der Waals surface area contributed by atoms with Gasteiger partial charge < -0.3 is 10.5 Å². The fourth-order valence-corrected chi connectivity index (χ4v) is 1.77. The van der Waals surface area contributed by atoms with Crippen LogP contribution in [0.15, 0.2) is 6.33 Å². The smallest absolute Gasteiger partial charge is 0.140 e. The summed E-state index contributed by atoms with van der Waals surface area (Å²) in [5.74, 6) is 0.850. The molecule has 14 heavy (non-hydrogen) atoms. The lowest BCUT2D eigenvalue weighted by Gasteiger charge is -2.09. The average molecular weight is 196 g/mol. The Labute approximate surface area is 83.3 Å². The van der Waals surface area contributed by atoms with Crippen LogP contribution in [0.25, 0.3) is 0 Å². The van der Waals surface area contributed by atoms with Gasteiger partial charge >= 0.3 is 0 Å². The van der Waals surface area contributed by atoms with Gasteiger partial charge in [0.25, 0.3) is 0 Å². The summed E-state index contributed by atoms with van der Waals surface area (Å²) in [5, 5.41) is 4.12. The van der Waals surface area contributed by atoms with Crippen molar-refractivity contribution in [2.24, 2.45) is 5.73 Å². The number of rotatable bonds is 4. The first-order chi connectivity index (χ1) is 6.90. The summed E-state index contributed by atoms with van der Waals surface area (Å²) in [6, 6.07) is 0. The standard InChI is InChI=1S/C9H16N4O/c10-6-9-11-7-12-13(9)4-3-8-2-1-5-14-8/h7-8H,1-6,10H2. The first kappa shape index (κ1) is 9.61. The van der Waals surface area contributed by atoms with Crippen LogP contribution in [0.4, 0.5) is 0 Å². The third-order valence-electron chi connectivity index (χ3n) is 2.57. The zero-order valence-corrected chi connectivity index (χ0v) is 8.22. The van der Waals surface area contributed by atoms with E-state index in [9.17, 15) is 0 Å². The Morgan fingerprint density at radius 1 is 1.64 bits per heavy atom. The van der Waals surface area contributed by atoms with E-state index in [1.807, 2.05) is 4.68 Å². The van der Waals surface area contributed by atoms with Crippen LogP contribution in [-0.2, 0) is 17.8 Å². The second kappa shape index (κ2) is 4.52. The van der Waals surface area contributed by atoms with Crippen LogP contribution in [0.5, 0.6) is 0 Å². The Morgan fingerprint density at radius 3 is 3.29 bits per heavy atom. The maximum Gasteiger partial charge on any atom is 0.140 e. The molecule has 0 saturated carbocycles. The Bertz CT molecular complexity index is 280. The maximum atomic E-state index is 5.53. The molecular formula is C9H16N4O. The van der Waals surface area contributed by atoms with E-state index in [0.29, 0.717) is 12.6 Å². The minimum Gasteiger partial charge on any atom is -0.378 e. The molecular weight excluding hydrogens is 180 g/mol. The Hall–Kier alpha value is -0.940. The highest BCUT2D eigenvalue weighted by Crippen LogP contribution is 2.15. The molecule has 1 atom stereocenters. The van der Waals surface area contributed by atoms with Crippen molar-refractivity contribution in [2.45, 2.75) is 38.5 Å². The summed E-state index contributed by atoms with van der Waals surface area (Å²) in [6.45, 7) is 2.22. The summed E-state index contributed by atoms with van der Waals surface area (Å²) in [4.78, 5) is 4.07. The zero-order chi connectivity index (χ0) is 9.80. The number of nitrogens with two attached hydrogens (primary N) is 1. The molecule has 5 heteroatoms. The molecule has 1 aromatic heterocycles. The van der Waals surface area contributed by atoms with E-state index in [0.717, 1.165) is 25.4 Å². The molecule has 0 bridgehead atoms. The highest BCUT2D eigenvalue weighted by atomic mass is 16.5.